The van der Waals surface area contributed by atoms with Gasteiger partial charge in [-0.25, -0.2) is 0 Å². The van der Waals surface area contributed by atoms with Crippen LogP contribution in [0.2, 0.25) is 0 Å². The van der Waals surface area contributed by atoms with Crippen molar-refractivity contribution in [1.82, 2.24) is 0 Å². The third-order valence-corrected chi connectivity index (χ3v) is 11.8. The third-order valence-electron chi connectivity index (χ3n) is 11.8. The van der Waals surface area contributed by atoms with Gasteiger partial charge in [0.2, 0.25) is 0 Å². The molecule has 0 heterocycles. The first-order valence-corrected chi connectivity index (χ1v) is 28.1. The summed E-state index contributed by atoms with van der Waals surface area (Å²) in [6.45, 7) is 6.54. The third kappa shape index (κ3) is 53.4. The summed E-state index contributed by atoms with van der Waals surface area (Å²) < 4.78 is 16.8. The first-order chi connectivity index (χ1) is 33.0. The fourth-order valence-corrected chi connectivity index (χ4v) is 7.57. The van der Waals surface area contributed by atoms with Crippen molar-refractivity contribution in [3.63, 3.8) is 0 Å². The highest BCUT2D eigenvalue weighted by atomic mass is 16.6. The zero-order valence-corrected chi connectivity index (χ0v) is 43.9. The van der Waals surface area contributed by atoms with E-state index in [1.165, 1.54) is 103 Å². The van der Waals surface area contributed by atoms with E-state index in [0.29, 0.717) is 19.3 Å². The highest BCUT2D eigenvalue weighted by molar-refractivity contribution is 5.71. The van der Waals surface area contributed by atoms with E-state index in [9.17, 15) is 14.4 Å². The van der Waals surface area contributed by atoms with Gasteiger partial charge in [-0.15, -0.1) is 0 Å². The standard InChI is InChI=1S/C61H104O6/c1-4-7-10-13-16-19-22-25-28-29-30-31-34-36-39-42-45-48-51-54-60(63)66-57-58(67-61(64)55-52-49-46-43-40-37-33-27-24-21-18-15-12-9-6-3)56-65-59(62)53-50-47-44-41-38-35-32-26-23-20-17-14-11-8-5-2/h16-17,19-20,25-28,30-33,36,39,58H,4-15,18,21-24,29,34-35,37-38,40-57H2,1-3H3/t58-/m1/s1. The number of hydrogen-bond acceptors (Lipinski definition) is 6. The second-order valence-electron chi connectivity index (χ2n) is 18.5. The zero-order valence-electron chi connectivity index (χ0n) is 43.9. The first kappa shape index (κ1) is 63.6. The van der Waals surface area contributed by atoms with Gasteiger partial charge in [-0.3, -0.25) is 14.4 Å². The number of esters is 3. The number of allylic oxidation sites excluding steroid dienone is 14. The fraction of sp³-hybridized carbons (Fsp3) is 0.721. The molecule has 6 heteroatoms. The molecule has 0 amide bonds. The van der Waals surface area contributed by atoms with Crippen molar-refractivity contribution in [3.8, 4) is 0 Å². The Labute approximate surface area is 414 Å². The van der Waals surface area contributed by atoms with Crippen LogP contribution in [0.1, 0.15) is 265 Å². The molecule has 0 aromatic rings. The van der Waals surface area contributed by atoms with Gasteiger partial charge >= 0.3 is 17.9 Å². The maximum atomic E-state index is 12.8. The van der Waals surface area contributed by atoms with Crippen molar-refractivity contribution < 1.29 is 28.6 Å². The van der Waals surface area contributed by atoms with E-state index < -0.39 is 6.10 Å². The summed E-state index contributed by atoms with van der Waals surface area (Å²) in [4.78, 5) is 38.1. The number of carbonyl (C=O) groups is 3. The van der Waals surface area contributed by atoms with Crippen molar-refractivity contribution in [2.75, 3.05) is 13.2 Å². The summed E-state index contributed by atoms with van der Waals surface area (Å²) in [6, 6.07) is 0. The molecular formula is C61H104O6. The molecule has 6 nitrogen and oxygen atoms in total. The maximum Gasteiger partial charge on any atom is 0.306 e. The Kier molecular flexibility index (Phi) is 52.4. The normalized spacial score (nSPS) is 12.7. The van der Waals surface area contributed by atoms with Gasteiger partial charge < -0.3 is 14.2 Å². The van der Waals surface area contributed by atoms with Crippen LogP contribution in [0.15, 0.2) is 85.1 Å². The average molecular weight is 933 g/mol. The molecule has 0 aliphatic rings. The van der Waals surface area contributed by atoms with E-state index in [-0.39, 0.29) is 31.1 Å². The minimum Gasteiger partial charge on any atom is -0.462 e. The molecule has 0 spiro atoms. The Morgan fingerprint density at radius 1 is 0.299 bits per heavy atom. The Balaban J connectivity index is 4.48. The minimum atomic E-state index is -0.800. The summed E-state index contributed by atoms with van der Waals surface area (Å²) in [6.07, 6.45) is 71.3. The maximum absolute atomic E-state index is 12.8. The number of hydrogen-bond donors (Lipinski definition) is 0. The molecular weight excluding hydrogens is 829 g/mol. The predicted octanol–water partition coefficient (Wildman–Crippen LogP) is 18.8. The van der Waals surface area contributed by atoms with Crippen LogP contribution in [0.5, 0.6) is 0 Å². The predicted molar refractivity (Wildman–Crippen MR) is 288 cm³/mol. The number of carbonyl (C=O) groups excluding carboxylic acids is 3. The van der Waals surface area contributed by atoms with Gasteiger partial charge in [0.15, 0.2) is 6.10 Å². The molecule has 0 aromatic carbocycles. The van der Waals surface area contributed by atoms with Gasteiger partial charge in [-0.2, -0.15) is 0 Å². The quantitative estimate of drug-likeness (QED) is 0.0262. The Bertz CT molecular complexity index is 1300. The lowest BCUT2D eigenvalue weighted by Gasteiger charge is -2.18. The van der Waals surface area contributed by atoms with E-state index in [0.717, 1.165) is 122 Å². The molecule has 0 unspecified atom stereocenters. The van der Waals surface area contributed by atoms with Crippen LogP contribution in [0.25, 0.3) is 0 Å². The molecule has 0 bridgehead atoms. The number of ether oxygens (including phenoxy) is 3. The summed E-state index contributed by atoms with van der Waals surface area (Å²) in [5, 5.41) is 0. The van der Waals surface area contributed by atoms with Crippen molar-refractivity contribution in [3.05, 3.63) is 85.1 Å². The summed E-state index contributed by atoms with van der Waals surface area (Å²) in [7, 11) is 0. The van der Waals surface area contributed by atoms with Crippen LogP contribution in [0.3, 0.4) is 0 Å². The van der Waals surface area contributed by atoms with Crippen LogP contribution in [0.4, 0.5) is 0 Å². The SMILES string of the molecule is CCCCCC=CCC=CCC=CCC=CCCCCCC(=O)OC[C@@H](COC(=O)CCCCCCCC=CCC=CCCCCC)OC(=O)CCCCCCCC=CCCCCCCCC. The molecule has 0 N–H and O–H groups in total. The van der Waals surface area contributed by atoms with Crippen LogP contribution in [-0.4, -0.2) is 37.2 Å². The average Bonchev–Trinajstić information content (AvgIpc) is 3.33. The van der Waals surface area contributed by atoms with Gasteiger partial charge in [-0.1, -0.05) is 209 Å². The Morgan fingerprint density at radius 2 is 0.537 bits per heavy atom. The van der Waals surface area contributed by atoms with E-state index >= 15 is 0 Å². The molecule has 0 saturated heterocycles. The molecule has 0 fully saturated rings. The van der Waals surface area contributed by atoms with Gasteiger partial charge in [0.05, 0.1) is 0 Å². The van der Waals surface area contributed by atoms with Crippen LogP contribution >= 0.6 is 0 Å². The lowest BCUT2D eigenvalue weighted by molar-refractivity contribution is -0.167. The molecule has 0 radical (unpaired) electrons. The monoisotopic (exact) mass is 933 g/mol. The molecule has 0 saturated carbocycles. The van der Waals surface area contributed by atoms with Crippen molar-refractivity contribution in [2.45, 2.75) is 271 Å². The second kappa shape index (κ2) is 55.2. The van der Waals surface area contributed by atoms with Crippen LogP contribution in [0, 0.1) is 0 Å². The lowest BCUT2D eigenvalue weighted by atomic mass is 10.1. The molecule has 0 aliphatic carbocycles. The van der Waals surface area contributed by atoms with Gasteiger partial charge in [-0.05, 0) is 122 Å². The van der Waals surface area contributed by atoms with Crippen molar-refractivity contribution in [2.24, 2.45) is 0 Å². The molecule has 0 aliphatic heterocycles. The topological polar surface area (TPSA) is 78.9 Å². The van der Waals surface area contributed by atoms with E-state index in [4.69, 9.17) is 14.2 Å². The molecule has 0 rings (SSSR count). The molecule has 384 valence electrons. The van der Waals surface area contributed by atoms with E-state index in [1.54, 1.807) is 0 Å². The molecule has 0 aromatic heterocycles. The Hall–Kier alpha value is -3.41. The molecule has 67 heavy (non-hydrogen) atoms. The van der Waals surface area contributed by atoms with Crippen molar-refractivity contribution in [1.29, 1.82) is 0 Å². The van der Waals surface area contributed by atoms with E-state index in [1.807, 2.05) is 0 Å². The van der Waals surface area contributed by atoms with Gasteiger partial charge in [0.25, 0.3) is 0 Å². The second-order valence-corrected chi connectivity index (χ2v) is 18.5. The summed E-state index contributed by atoms with van der Waals surface area (Å²) in [5.41, 5.74) is 0. The first-order valence-electron chi connectivity index (χ1n) is 28.1. The van der Waals surface area contributed by atoms with Crippen LogP contribution < -0.4 is 0 Å². The van der Waals surface area contributed by atoms with Crippen LogP contribution in [-0.2, 0) is 28.6 Å². The molecule has 1 atom stereocenters. The highest BCUT2D eigenvalue weighted by Gasteiger charge is 2.19. The Morgan fingerprint density at radius 3 is 0.896 bits per heavy atom. The van der Waals surface area contributed by atoms with Gasteiger partial charge in [0.1, 0.15) is 13.2 Å². The number of rotatable bonds is 50. The zero-order chi connectivity index (χ0) is 48.6. The minimum absolute atomic E-state index is 0.0977. The largest absolute Gasteiger partial charge is 0.462 e. The summed E-state index contributed by atoms with van der Waals surface area (Å²) >= 11 is 0. The summed E-state index contributed by atoms with van der Waals surface area (Å²) in [5.74, 6) is -0.947. The van der Waals surface area contributed by atoms with Gasteiger partial charge in [0, 0.05) is 19.3 Å². The lowest BCUT2D eigenvalue weighted by Crippen LogP contribution is -2.30. The number of unbranched alkanes of at least 4 members (excludes halogenated alkanes) is 25. The van der Waals surface area contributed by atoms with E-state index in [2.05, 4.69) is 106 Å². The highest BCUT2D eigenvalue weighted by Crippen LogP contribution is 2.14. The smallest absolute Gasteiger partial charge is 0.306 e. The van der Waals surface area contributed by atoms with Crippen molar-refractivity contribution >= 4 is 17.9 Å². The fourth-order valence-electron chi connectivity index (χ4n) is 7.57.